The van der Waals surface area contributed by atoms with E-state index in [4.69, 9.17) is 0 Å². The van der Waals surface area contributed by atoms with Crippen molar-refractivity contribution in [2.75, 3.05) is 0 Å². The predicted octanol–water partition coefficient (Wildman–Crippen LogP) is -0.00980. The summed E-state index contributed by atoms with van der Waals surface area (Å²) in [5, 5.41) is 0. The Kier molecular flexibility index (Phi) is 82.5. The van der Waals surface area contributed by atoms with Crippen molar-refractivity contribution in [1.82, 2.24) is 0 Å². The molecule has 0 spiro atoms. The minimum atomic E-state index is 0. The van der Waals surface area contributed by atoms with Gasteiger partial charge in [-0.1, -0.05) is 0 Å². The molecule has 2 radical (unpaired) electrons. The van der Waals surface area contributed by atoms with E-state index in [0.29, 0.717) is 0 Å². The van der Waals surface area contributed by atoms with Crippen molar-refractivity contribution in [1.29, 1.82) is 0 Å². The topological polar surface area (TPSA) is 0 Å². The average molecular weight is 437 g/mol. The zero-order chi connectivity index (χ0) is 2.00. The van der Waals surface area contributed by atoms with Crippen molar-refractivity contribution < 1.29 is 40.8 Å². The predicted molar refractivity (Wildman–Crippen MR) is 14.7 cm³/mol. The van der Waals surface area contributed by atoms with E-state index < -0.39 is 0 Å². The normalized spacial score (nSPS) is 1.50. The van der Waals surface area contributed by atoms with Gasteiger partial charge in [-0.05, 0) is 0 Å². The Bertz CT molecular complexity index is 4.00. The third kappa shape index (κ3) is 8.98. The van der Waals surface area contributed by atoms with Gasteiger partial charge in [0.05, 0.1) is 0 Å². The molecule has 0 aromatic heterocycles. The van der Waals surface area contributed by atoms with Crippen LogP contribution in [0.15, 0.2) is 0 Å². The second-order valence-electron chi connectivity index (χ2n) is 0. The largest absolute Gasteiger partial charge is 1.00 e. The van der Waals surface area contributed by atoms with Gasteiger partial charge in [-0.2, -0.15) is 0 Å². The molecule has 4 heteroatoms. The van der Waals surface area contributed by atoms with Gasteiger partial charge in [-0.3, -0.25) is 0 Å². The smallest absolute Gasteiger partial charge is 0 e. The Morgan fingerprint density at radius 3 is 0.750 bits per heavy atom. The molecule has 0 amide bonds. The minimum absolute atomic E-state index is 0. The van der Waals surface area contributed by atoms with E-state index in [0.717, 1.165) is 0 Å². The van der Waals surface area contributed by atoms with Crippen LogP contribution in [0.25, 0.3) is 0 Å². The molecule has 0 saturated heterocycles. The molecule has 0 aliphatic rings. The fraction of sp³-hybridized carbons (Fsp3) is 0. The molecule has 0 heterocycles. The second kappa shape index (κ2) is 19.9. The fourth-order valence-corrected chi connectivity index (χ4v) is 0. The van der Waals surface area contributed by atoms with Gasteiger partial charge in [-0.25, -0.2) is 0 Å². The molecular weight excluding hydrogens is 437 g/mol. The van der Waals surface area contributed by atoms with Crippen molar-refractivity contribution >= 4 is 23.3 Å². The number of hydrogen-bond donors (Lipinski definition) is 0. The maximum absolute atomic E-state index is 3.67. The van der Waals surface area contributed by atoms with Crippen LogP contribution in [0.5, 0.6) is 0 Å². The summed E-state index contributed by atoms with van der Waals surface area (Å²) in [6, 6.07) is 0. The first-order chi connectivity index (χ1) is 1.00. The van der Waals surface area contributed by atoms with Crippen LogP contribution in [0.4, 0.5) is 0 Å². The van der Waals surface area contributed by atoms with Crippen molar-refractivity contribution in [2.45, 2.75) is 0 Å². The summed E-state index contributed by atoms with van der Waals surface area (Å²) in [4.78, 5) is 0. The summed E-state index contributed by atoms with van der Waals surface area (Å²) < 4.78 is 0. The third-order valence-corrected chi connectivity index (χ3v) is 0. The minimum Gasteiger partial charge on any atom is -1.00 e. The van der Waals surface area contributed by atoms with Crippen LogP contribution in [-0.2, 0) is 64.2 Å². The molecule has 0 nitrogen and oxygen atoms in total. The molecule has 28 valence electrons. The molecule has 0 rings (SSSR count). The molecular formula is Re2S2-2. The van der Waals surface area contributed by atoms with Gasteiger partial charge in [0.2, 0.25) is 0 Å². The first kappa shape index (κ1) is 16.6. The van der Waals surface area contributed by atoms with Gasteiger partial charge < -0.3 is 23.3 Å². The van der Waals surface area contributed by atoms with Crippen LogP contribution >= 0.6 is 0 Å². The van der Waals surface area contributed by atoms with E-state index in [1.165, 1.54) is 0 Å². The van der Waals surface area contributed by atoms with Crippen molar-refractivity contribution in [3.8, 4) is 0 Å². The van der Waals surface area contributed by atoms with E-state index in [1.54, 1.807) is 0 Å². The van der Waals surface area contributed by atoms with Crippen LogP contribution in [0.2, 0.25) is 0 Å². The Hall–Kier alpha value is 2.02. The average Bonchev–Trinajstić information content (AvgIpc) is 1.00. The van der Waals surface area contributed by atoms with Crippen LogP contribution in [0, 0.1) is 0 Å². The fourth-order valence-electron chi connectivity index (χ4n) is 0. The Morgan fingerprint density at radius 1 is 0.750 bits per heavy atom. The van der Waals surface area contributed by atoms with E-state index in [1.807, 2.05) is 0 Å². The van der Waals surface area contributed by atoms with Gasteiger partial charge >= 0.3 is 0 Å². The summed E-state index contributed by atoms with van der Waals surface area (Å²) in [6.45, 7) is 0. The summed E-state index contributed by atoms with van der Waals surface area (Å²) in [5.74, 6) is 0. The molecule has 0 aliphatic heterocycles. The zero-order valence-electron chi connectivity index (χ0n) is 1.57. The van der Waals surface area contributed by atoms with Crippen molar-refractivity contribution in [3.63, 3.8) is 0 Å². The SMILES string of the molecule is [Re].[Re].[S-][S-]. The van der Waals surface area contributed by atoms with Crippen LogP contribution < -0.4 is 0 Å². The molecule has 4 heavy (non-hydrogen) atoms. The molecule has 0 aromatic carbocycles. The summed E-state index contributed by atoms with van der Waals surface area (Å²) in [5.41, 5.74) is 0. The monoisotopic (exact) mass is 438 g/mol. The Labute approximate surface area is 63.6 Å². The zero-order valence-corrected chi connectivity index (χ0v) is 8.64. The summed E-state index contributed by atoms with van der Waals surface area (Å²) >= 11 is 7.33. The van der Waals surface area contributed by atoms with Crippen LogP contribution in [0.3, 0.4) is 0 Å². The van der Waals surface area contributed by atoms with E-state index in [-0.39, 0.29) is 40.8 Å². The maximum atomic E-state index is 3.67. The molecule has 0 atom stereocenters. The molecule has 0 aromatic rings. The summed E-state index contributed by atoms with van der Waals surface area (Å²) in [7, 11) is 0. The molecule has 0 N–H and O–H groups in total. The van der Waals surface area contributed by atoms with Gasteiger partial charge in [-0.15, -0.1) is 0 Å². The maximum Gasteiger partial charge on any atom is 0 e. The van der Waals surface area contributed by atoms with Gasteiger partial charge in [0.1, 0.15) is 0 Å². The molecule has 0 saturated carbocycles. The van der Waals surface area contributed by atoms with Crippen molar-refractivity contribution in [2.24, 2.45) is 0 Å². The van der Waals surface area contributed by atoms with Gasteiger partial charge in [0.15, 0.2) is 0 Å². The van der Waals surface area contributed by atoms with Crippen molar-refractivity contribution in [3.05, 3.63) is 0 Å². The quantitative estimate of drug-likeness (QED) is 0.387. The van der Waals surface area contributed by atoms with E-state index in [2.05, 4.69) is 23.3 Å². The number of rotatable bonds is 0. The van der Waals surface area contributed by atoms with E-state index in [9.17, 15) is 0 Å². The molecule has 0 bridgehead atoms. The van der Waals surface area contributed by atoms with Crippen LogP contribution in [0.1, 0.15) is 0 Å². The third-order valence-electron chi connectivity index (χ3n) is 0. The molecule has 0 fully saturated rings. The second-order valence-corrected chi connectivity index (χ2v) is 0. The molecule has 0 aliphatic carbocycles. The van der Waals surface area contributed by atoms with E-state index >= 15 is 0 Å². The standard InChI is InChI=1S/2Re.S2/c;;1-2/q;;-2. The Balaban J connectivity index is -0.00000000500. The van der Waals surface area contributed by atoms with Gasteiger partial charge in [0, 0.05) is 40.8 Å². The molecule has 0 unspecified atom stereocenters. The summed E-state index contributed by atoms with van der Waals surface area (Å²) in [6.07, 6.45) is 0. The first-order valence-electron chi connectivity index (χ1n) is 0.167. The first-order valence-corrected chi connectivity index (χ1v) is 1.50. The number of hydrogen-bond acceptors (Lipinski definition) is 2. The van der Waals surface area contributed by atoms with Crippen LogP contribution in [-0.4, -0.2) is 0 Å². The van der Waals surface area contributed by atoms with Gasteiger partial charge in [0.25, 0.3) is 0 Å². The Morgan fingerprint density at radius 2 is 0.750 bits per heavy atom.